The summed E-state index contributed by atoms with van der Waals surface area (Å²) in [6, 6.07) is 25.3. The van der Waals surface area contributed by atoms with E-state index in [0.29, 0.717) is 11.8 Å². The van der Waals surface area contributed by atoms with Crippen molar-refractivity contribution in [2.75, 3.05) is 0 Å². The van der Waals surface area contributed by atoms with E-state index in [1.807, 2.05) is 11.3 Å². The first-order valence-corrected chi connectivity index (χ1v) is 22.5. The number of thiophene rings is 1. The highest BCUT2D eigenvalue weighted by Gasteiger charge is 2.38. The molecule has 0 saturated carbocycles. The van der Waals surface area contributed by atoms with Gasteiger partial charge in [0.15, 0.2) is 5.82 Å². The first-order valence-electron chi connectivity index (χ1n) is 21.7. The van der Waals surface area contributed by atoms with E-state index in [0.717, 1.165) is 81.3 Å². The van der Waals surface area contributed by atoms with E-state index in [1.54, 1.807) is 5.56 Å². The fraction of sp³-hybridized carbons (Fsp3) is 0.273. The Bertz CT molecular complexity index is 2750. The van der Waals surface area contributed by atoms with Crippen LogP contribution in [-0.2, 0) is 11.8 Å². The zero-order valence-electron chi connectivity index (χ0n) is 33.7. The monoisotopic (exact) mass is 770 g/mol. The Morgan fingerprint density at radius 2 is 1.60 bits per heavy atom. The van der Waals surface area contributed by atoms with Gasteiger partial charge < -0.3 is 0 Å². The van der Waals surface area contributed by atoms with Crippen molar-refractivity contribution in [3.05, 3.63) is 178 Å². The van der Waals surface area contributed by atoms with Crippen LogP contribution in [0, 0.1) is 5.92 Å². The summed E-state index contributed by atoms with van der Waals surface area (Å²) in [5.74, 6) is 1.61. The fourth-order valence-electron chi connectivity index (χ4n) is 10.7. The summed E-state index contributed by atoms with van der Waals surface area (Å²) in [4.78, 5) is 12.6. The second kappa shape index (κ2) is 14.5. The van der Waals surface area contributed by atoms with Crippen LogP contribution >= 0.6 is 11.3 Å². The van der Waals surface area contributed by atoms with Crippen LogP contribution in [-0.4, -0.2) is 9.97 Å². The van der Waals surface area contributed by atoms with Crippen LogP contribution in [0.2, 0.25) is 0 Å². The SMILES string of the molecule is CC1(C)C2=C(CCC=C2)c2ccc(-c3c(C4=CC=CCC4)nc(-c4ccc(C5=CCC(C6=CCCc7c6sc6ccccc76)C=C5)cc4)nc3C3CC=CCC3)cc21. The van der Waals surface area contributed by atoms with Crippen LogP contribution in [0.3, 0.4) is 0 Å². The Morgan fingerprint density at radius 3 is 2.43 bits per heavy atom. The van der Waals surface area contributed by atoms with E-state index in [2.05, 4.69) is 147 Å². The molecule has 3 heteroatoms. The van der Waals surface area contributed by atoms with Gasteiger partial charge in [0.1, 0.15) is 0 Å². The summed E-state index contributed by atoms with van der Waals surface area (Å²) in [5, 5.41) is 1.45. The lowest BCUT2D eigenvalue weighted by Gasteiger charge is -2.27. The van der Waals surface area contributed by atoms with Gasteiger partial charge in [-0.1, -0.05) is 135 Å². The molecule has 0 bridgehead atoms. The summed E-state index contributed by atoms with van der Waals surface area (Å²) >= 11 is 1.98. The van der Waals surface area contributed by atoms with Gasteiger partial charge in [-0.25, -0.2) is 9.97 Å². The summed E-state index contributed by atoms with van der Waals surface area (Å²) < 4.78 is 1.41. The van der Waals surface area contributed by atoms with Crippen LogP contribution in [0.25, 0.3) is 54.9 Å². The zero-order valence-corrected chi connectivity index (χ0v) is 34.5. The van der Waals surface area contributed by atoms with Gasteiger partial charge >= 0.3 is 0 Å². The summed E-state index contributed by atoms with van der Waals surface area (Å²) in [7, 11) is 0. The smallest absolute Gasteiger partial charge is 0.160 e. The highest BCUT2D eigenvalue weighted by molar-refractivity contribution is 7.20. The molecule has 6 aliphatic carbocycles. The predicted octanol–water partition coefficient (Wildman–Crippen LogP) is 15.0. The molecule has 0 amide bonds. The van der Waals surface area contributed by atoms with Crippen LogP contribution in [0.1, 0.15) is 116 Å². The minimum Gasteiger partial charge on any atom is -0.232 e. The maximum Gasteiger partial charge on any atom is 0.160 e. The molecule has 6 aliphatic rings. The molecule has 0 aliphatic heterocycles. The molecule has 5 aromatic rings. The first kappa shape index (κ1) is 35.8. The Labute approximate surface area is 347 Å². The van der Waals surface area contributed by atoms with Gasteiger partial charge in [0, 0.05) is 38.0 Å². The van der Waals surface area contributed by atoms with Gasteiger partial charge in [-0.05, 0) is 137 Å². The Morgan fingerprint density at radius 1 is 0.741 bits per heavy atom. The molecule has 58 heavy (non-hydrogen) atoms. The number of fused-ring (bicyclic) bond motifs is 5. The number of hydrogen-bond donors (Lipinski definition) is 0. The highest BCUT2D eigenvalue weighted by Crippen LogP contribution is 2.52. The number of hydrogen-bond acceptors (Lipinski definition) is 3. The van der Waals surface area contributed by atoms with Crippen LogP contribution in [0.15, 0.2) is 139 Å². The molecule has 3 aromatic carbocycles. The van der Waals surface area contributed by atoms with E-state index in [9.17, 15) is 0 Å². The van der Waals surface area contributed by atoms with Crippen molar-refractivity contribution < 1.29 is 0 Å². The molecule has 286 valence electrons. The predicted molar refractivity (Wildman–Crippen MR) is 247 cm³/mol. The Hall–Kier alpha value is -5.38. The van der Waals surface area contributed by atoms with E-state index in [1.165, 1.54) is 76.3 Å². The molecular weight excluding hydrogens is 721 g/mol. The summed E-state index contributed by atoms with van der Waals surface area (Å²) in [5.41, 5.74) is 18.7. The first-order chi connectivity index (χ1) is 28.5. The Balaban J connectivity index is 0.946. The fourth-order valence-corrected chi connectivity index (χ4v) is 12.0. The summed E-state index contributed by atoms with van der Waals surface area (Å²) in [6.45, 7) is 4.82. The van der Waals surface area contributed by atoms with Gasteiger partial charge in [0.05, 0.1) is 11.4 Å². The third-order valence-electron chi connectivity index (χ3n) is 13.8. The zero-order chi connectivity index (χ0) is 38.8. The normalized spacial score (nSPS) is 21.7. The average molecular weight is 771 g/mol. The van der Waals surface area contributed by atoms with E-state index >= 15 is 0 Å². The van der Waals surface area contributed by atoms with Gasteiger partial charge in [-0.2, -0.15) is 0 Å². The maximum atomic E-state index is 5.59. The number of rotatable bonds is 6. The number of allylic oxidation sites excluding steroid dienone is 16. The van der Waals surface area contributed by atoms with E-state index < -0.39 is 0 Å². The van der Waals surface area contributed by atoms with Crippen molar-refractivity contribution in [3.63, 3.8) is 0 Å². The minimum atomic E-state index is -0.0271. The third-order valence-corrected chi connectivity index (χ3v) is 15.0. The standard InChI is InChI=1S/C55H50N2S/c1-55(2)47-22-11-9-18-43(47)44-33-32-41(34-48(44)55)50-51(38-14-5-3-6-15-38)56-54(57-52(50)39-16-7-4-8-17-39)40-30-26-36(27-31-40)35-24-28-37(29-25-35)42-20-13-21-46-45-19-10-12-23-49(45)58-53(42)46/h3-5,7,10-12,14,19-20,22-28,30-34,37,39H,6,8-9,13,15-18,21,29H2,1-2H3. The number of aryl methyl sites for hydroxylation is 1. The molecule has 2 unspecified atom stereocenters. The maximum absolute atomic E-state index is 5.59. The summed E-state index contributed by atoms with van der Waals surface area (Å²) in [6.07, 6.45) is 36.8. The molecule has 0 fully saturated rings. The topological polar surface area (TPSA) is 25.8 Å². The highest BCUT2D eigenvalue weighted by atomic mass is 32.1. The molecule has 2 atom stereocenters. The van der Waals surface area contributed by atoms with Gasteiger partial charge in [0.2, 0.25) is 0 Å². The minimum absolute atomic E-state index is 0.0271. The van der Waals surface area contributed by atoms with Crippen LogP contribution < -0.4 is 0 Å². The number of benzene rings is 3. The molecule has 11 rings (SSSR count). The van der Waals surface area contributed by atoms with Crippen molar-refractivity contribution in [1.29, 1.82) is 0 Å². The van der Waals surface area contributed by atoms with Crippen molar-refractivity contribution >= 4 is 43.7 Å². The molecule has 2 aromatic heterocycles. The third kappa shape index (κ3) is 6.04. The largest absolute Gasteiger partial charge is 0.232 e. The van der Waals surface area contributed by atoms with Gasteiger partial charge in [-0.3, -0.25) is 0 Å². The van der Waals surface area contributed by atoms with E-state index in [-0.39, 0.29) is 5.41 Å². The van der Waals surface area contributed by atoms with Gasteiger partial charge in [0.25, 0.3) is 0 Å². The number of aromatic nitrogens is 2. The second-order valence-electron chi connectivity index (χ2n) is 17.6. The van der Waals surface area contributed by atoms with Gasteiger partial charge in [-0.15, -0.1) is 11.3 Å². The van der Waals surface area contributed by atoms with E-state index in [4.69, 9.17) is 9.97 Å². The van der Waals surface area contributed by atoms with Crippen LogP contribution in [0.5, 0.6) is 0 Å². The number of nitrogens with zero attached hydrogens (tertiary/aromatic N) is 2. The van der Waals surface area contributed by atoms with Crippen molar-refractivity contribution in [3.8, 4) is 22.5 Å². The molecule has 0 spiro atoms. The quantitative estimate of drug-likeness (QED) is 0.161. The lowest BCUT2D eigenvalue weighted by molar-refractivity contribution is 0.601. The lowest BCUT2D eigenvalue weighted by Crippen LogP contribution is -2.17. The van der Waals surface area contributed by atoms with Crippen molar-refractivity contribution in [2.24, 2.45) is 5.92 Å². The second-order valence-corrected chi connectivity index (χ2v) is 18.6. The van der Waals surface area contributed by atoms with Crippen molar-refractivity contribution in [2.45, 2.75) is 89.4 Å². The molecule has 2 heterocycles. The Kier molecular flexibility index (Phi) is 8.92. The molecular formula is C55H50N2S. The lowest BCUT2D eigenvalue weighted by atomic mass is 9.78. The average Bonchev–Trinajstić information content (AvgIpc) is 3.78. The molecule has 0 saturated heterocycles. The van der Waals surface area contributed by atoms with Crippen molar-refractivity contribution in [1.82, 2.24) is 9.97 Å². The van der Waals surface area contributed by atoms with Crippen LogP contribution in [0.4, 0.5) is 0 Å². The molecule has 2 nitrogen and oxygen atoms in total. The molecule has 0 N–H and O–H groups in total. The molecule has 0 radical (unpaired) electrons.